The Morgan fingerprint density at radius 1 is 1.29 bits per heavy atom. The molecule has 1 amide bonds. The standard InChI is InChI=1S/C17H26N2O4S/c1-3-12-24(21,22)19-11-5-6-14(13-19)17(20)18-15-7-9-16(10-8-15)23-4-2/h7-10,14H,3-6,11-13H2,1-2H3,(H,18,20)/t14-/m0/s1. The van der Waals surface area contributed by atoms with E-state index in [1.54, 1.807) is 24.3 Å². The van der Waals surface area contributed by atoms with Gasteiger partial charge in [-0.05, 0) is 50.5 Å². The van der Waals surface area contributed by atoms with Crippen LogP contribution in [-0.4, -0.2) is 44.1 Å². The Morgan fingerprint density at radius 2 is 2.00 bits per heavy atom. The molecule has 0 saturated carbocycles. The van der Waals surface area contributed by atoms with E-state index in [0.717, 1.165) is 5.75 Å². The maximum absolute atomic E-state index is 12.4. The van der Waals surface area contributed by atoms with Crippen molar-refractivity contribution in [2.45, 2.75) is 33.1 Å². The maximum atomic E-state index is 12.4. The van der Waals surface area contributed by atoms with Crippen molar-refractivity contribution in [2.24, 2.45) is 5.92 Å². The molecule has 0 spiro atoms. The molecular formula is C17H26N2O4S. The Bertz CT molecular complexity index is 643. The third-order valence-corrected chi connectivity index (χ3v) is 6.09. The lowest BCUT2D eigenvalue weighted by Crippen LogP contribution is -2.44. The molecule has 1 aromatic carbocycles. The van der Waals surface area contributed by atoms with Crippen LogP contribution >= 0.6 is 0 Å². The molecule has 1 aromatic rings. The maximum Gasteiger partial charge on any atom is 0.228 e. The minimum Gasteiger partial charge on any atom is -0.494 e. The zero-order valence-corrected chi connectivity index (χ0v) is 15.1. The first kappa shape index (κ1) is 18.7. The number of carbonyl (C=O) groups excluding carboxylic acids is 1. The minimum absolute atomic E-state index is 0.129. The molecule has 1 aliphatic rings. The predicted octanol–water partition coefficient (Wildman–Crippen LogP) is 2.48. The molecule has 0 aromatic heterocycles. The van der Waals surface area contributed by atoms with E-state index in [-0.39, 0.29) is 24.1 Å². The molecule has 1 N–H and O–H groups in total. The number of amides is 1. The fourth-order valence-corrected chi connectivity index (χ4v) is 4.43. The summed E-state index contributed by atoms with van der Waals surface area (Å²) in [6, 6.07) is 7.19. The number of carbonyl (C=O) groups is 1. The highest BCUT2D eigenvalue weighted by molar-refractivity contribution is 7.89. The van der Waals surface area contributed by atoms with Gasteiger partial charge in [0.05, 0.1) is 18.3 Å². The first-order valence-corrected chi connectivity index (χ1v) is 10.1. The third-order valence-electron chi connectivity index (χ3n) is 4.04. The van der Waals surface area contributed by atoms with Gasteiger partial charge in [-0.2, -0.15) is 0 Å². The van der Waals surface area contributed by atoms with E-state index in [4.69, 9.17) is 4.74 Å². The second-order valence-corrected chi connectivity index (χ2v) is 8.05. The van der Waals surface area contributed by atoms with Crippen molar-refractivity contribution in [1.29, 1.82) is 0 Å². The van der Waals surface area contributed by atoms with Crippen molar-refractivity contribution in [1.82, 2.24) is 4.31 Å². The number of rotatable bonds is 7. The van der Waals surface area contributed by atoms with E-state index >= 15 is 0 Å². The quantitative estimate of drug-likeness (QED) is 0.816. The molecular weight excluding hydrogens is 328 g/mol. The molecule has 0 bridgehead atoms. The summed E-state index contributed by atoms with van der Waals surface area (Å²) < 4.78 is 31.2. The zero-order chi connectivity index (χ0) is 17.6. The van der Waals surface area contributed by atoms with E-state index in [1.807, 2.05) is 13.8 Å². The number of anilines is 1. The first-order valence-electron chi connectivity index (χ1n) is 8.47. The third kappa shape index (κ3) is 4.95. The van der Waals surface area contributed by atoms with Crippen LogP contribution in [0.4, 0.5) is 5.69 Å². The smallest absolute Gasteiger partial charge is 0.228 e. The van der Waals surface area contributed by atoms with Crippen molar-refractivity contribution >= 4 is 21.6 Å². The van der Waals surface area contributed by atoms with E-state index < -0.39 is 10.0 Å². The second kappa shape index (κ2) is 8.48. The number of benzene rings is 1. The summed E-state index contributed by atoms with van der Waals surface area (Å²) in [4.78, 5) is 12.4. The van der Waals surface area contributed by atoms with Crippen molar-refractivity contribution in [3.63, 3.8) is 0 Å². The number of hydrogen-bond donors (Lipinski definition) is 1. The Labute approximate surface area is 144 Å². The first-order chi connectivity index (χ1) is 11.5. The van der Waals surface area contributed by atoms with Crippen molar-refractivity contribution in [3.05, 3.63) is 24.3 Å². The van der Waals surface area contributed by atoms with Crippen LogP contribution < -0.4 is 10.1 Å². The van der Waals surface area contributed by atoms with Gasteiger partial charge in [0, 0.05) is 18.8 Å². The van der Waals surface area contributed by atoms with Gasteiger partial charge >= 0.3 is 0 Å². The second-order valence-electron chi connectivity index (χ2n) is 5.96. The lowest BCUT2D eigenvalue weighted by Gasteiger charge is -2.31. The van der Waals surface area contributed by atoms with Crippen molar-refractivity contribution in [3.8, 4) is 5.75 Å². The fraction of sp³-hybridized carbons (Fsp3) is 0.588. The molecule has 1 heterocycles. The summed E-state index contributed by atoms with van der Waals surface area (Å²) in [6.45, 7) is 5.13. The molecule has 134 valence electrons. The van der Waals surface area contributed by atoms with E-state index in [9.17, 15) is 13.2 Å². The average Bonchev–Trinajstić information content (AvgIpc) is 2.57. The molecule has 1 aliphatic heterocycles. The van der Waals surface area contributed by atoms with Crippen LogP contribution in [0.1, 0.15) is 33.1 Å². The van der Waals surface area contributed by atoms with Crippen molar-refractivity contribution in [2.75, 3.05) is 30.8 Å². The van der Waals surface area contributed by atoms with Gasteiger partial charge in [-0.25, -0.2) is 12.7 Å². The van der Waals surface area contributed by atoms with Gasteiger partial charge in [0.15, 0.2) is 0 Å². The molecule has 1 fully saturated rings. The van der Waals surface area contributed by atoms with Gasteiger partial charge in [-0.15, -0.1) is 0 Å². The number of piperidine rings is 1. The Balaban J connectivity index is 1.96. The van der Waals surface area contributed by atoms with Crippen LogP contribution in [0.2, 0.25) is 0 Å². The summed E-state index contributed by atoms with van der Waals surface area (Å²) in [5.41, 5.74) is 0.692. The van der Waals surface area contributed by atoms with E-state index in [2.05, 4.69) is 5.32 Å². The normalized spacial score (nSPS) is 19.0. The van der Waals surface area contributed by atoms with E-state index in [1.165, 1.54) is 4.31 Å². The summed E-state index contributed by atoms with van der Waals surface area (Å²) >= 11 is 0. The molecule has 1 saturated heterocycles. The lowest BCUT2D eigenvalue weighted by atomic mass is 9.99. The number of hydrogen-bond acceptors (Lipinski definition) is 4. The minimum atomic E-state index is -3.25. The molecule has 0 aliphatic carbocycles. The van der Waals surface area contributed by atoms with Crippen LogP contribution in [0.15, 0.2) is 24.3 Å². The summed E-state index contributed by atoms with van der Waals surface area (Å²) in [7, 11) is -3.25. The predicted molar refractivity (Wildman–Crippen MR) is 94.6 cm³/mol. The van der Waals surface area contributed by atoms with Gasteiger partial charge in [0.2, 0.25) is 15.9 Å². The molecule has 0 radical (unpaired) electrons. The van der Waals surface area contributed by atoms with Crippen LogP contribution in [0.25, 0.3) is 0 Å². The highest BCUT2D eigenvalue weighted by atomic mass is 32.2. The molecule has 6 nitrogen and oxygen atoms in total. The van der Waals surface area contributed by atoms with Gasteiger partial charge in [-0.3, -0.25) is 4.79 Å². The Morgan fingerprint density at radius 3 is 2.62 bits per heavy atom. The number of sulfonamides is 1. The SMILES string of the molecule is CCCS(=O)(=O)N1CCC[C@H](C(=O)Nc2ccc(OCC)cc2)C1. The van der Waals surface area contributed by atoms with Gasteiger partial charge in [0.1, 0.15) is 5.75 Å². The molecule has 2 rings (SSSR count). The fourth-order valence-electron chi connectivity index (χ4n) is 2.84. The van der Waals surface area contributed by atoms with Crippen LogP contribution in [0.5, 0.6) is 5.75 Å². The number of ether oxygens (including phenoxy) is 1. The summed E-state index contributed by atoms with van der Waals surface area (Å²) in [5, 5.41) is 2.87. The van der Waals surface area contributed by atoms with E-state index in [0.29, 0.717) is 38.1 Å². The van der Waals surface area contributed by atoms with Gasteiger partial charge < -0.3 is 10.1 Å². The van der Waals surface area contributed by atoms with Crippen LogP contribution in [-0.2, 0) is 14.8 Å². The molecule has 1 atom stereocenters. The van der Waals surface area contributed by atoms with Crippen molar-refractivity contribution < 1.29 is 17.9 Å². The molecule has 7 heteroatoms. The molecule has 24 heavy (non-hydrogen) atoms. The largest absolute Gasteiger partial charge is 0.494 e. The highest BCUT2D eigenvalue weighted by Crippen LogP contribution is 2.22. The number of nitrogens with one attached hydrogen (secondary N) is 1. The van der Waals surface area contributed by atoms with Gasteiger partial charge in [-0.1, -0.05) is 6.92 Å². The monoisotopic (exact) mass is 354 g/mol. The lowest BCUT2D eigenvalue weighted by molar-refractivity contribution is -0.120. The Kier molecular flexibility index (Phi) is 6.62. The highest BCUT2D eigenvalue weighted by Gasteiger charge is 2.31. The summed E-state index contributed by atoms with van der Waals surface area (Å²) in [5.74, 6) is 0.456. The Hall–Kier alpha value is -1.60. The van der Waals surface area contributed by atoms with Crippen LogP contribution in [0, 0.1) is 5.92 Å². The number of nitrogens with zero attached hydrogens (tertiary/aromatic N) is 1. The van der Waals surface area contributed by atoms with Crippen LogP contribution in [0.3, 0.4) is 0 Å². The summed E-state index contributed by atoms with van der Waals surface area (Å²) in [6.07, 6.45) is 2.01. The topological polar surface area (TPSA) is 75.7 Å². The van der Waals surface area contributed by atoms with Gasteiger partial charge in [0.25, 0.3) is 0 Å². The molecule has 0 unspecified atom stereocenters. The zero-order valence-electron chi connectivity index (χ0n) is 14.3. The average molecular weight is 354 g/mol.